The van der Waals surface area contributed by atoms with Crippen molar-refractivity contribution in [1.29, 1.82) is 5.26 Å². The molecule has 0 amide bonds. The molecule has 0 aliphatic heterocycles. The van der Waals surface area contributed by atoms with Crippen molar-refractivity contribution in [2.24, 2.45) is 0 Å². The van der Waals surface area contributed by atoms with E-state index in [-0.39, 0.29) is 21.2 Å². The normalized spacial score (nSPS) is 12.6. The fourth-order valence-electron chi connectivity index (χ4n) is 2.11. The third-order valence-electron chi connectivity index (χ3n) is 3.29. The van der Waals surface area contributed by atoms with Gasteiger partial charge in [0.05, 0.1) is 18.7 Å². The van der Waals surface area contributed by atoms with Crippen molar-refractivity contribution in [2.45, 2.75) is 0 Å². The summed E-state index contributed by atoms with van der Waals surface area (Å²) in [6.07, 6.45) is 1.72. The van der Waals surface area contributed by atoms with Gasteiger partial charge in [-0.2, -0.15) is 5.26 Å². The van der Waals surface area contributed by atoms with Crippen molar-refractivity contribution in [3.05, 3.63) is 90.8 Å². The Bertz CT molecular complexity index is 1170. The molecule has 0 saturated carbocycles. The van der Waals surface area contributed by atoms with Gasteiger partial charge in [0.15, 0.2) is 7.14 Å². The first-order valence-corrected chi connectivity index (χ1v) is 12.7. The van der Waals surface area contributed by atoms with Crippen molar-refractivity contribution < 1.29 is 51.1 Å². The summed E-state index contributed by atoms with van der Waals surface area (Å²) < 4.78 is 66.8. The van der Waals surface area contributed by atoms with Crippen LogP contribution in [0.2, 0.25) is 0 Å². The minimum atomic E-state index is -10.7. The van der Waals surface area contributed by atoms with Crippen molar-refractivity contribution in [2.75, 3.05) is 7.11 Å². The summed E-state index contributed by atoms with van der Waals surface area (Å²) >= 11 is -0.386. The second-order valence-corrected chi connectivity index (χ2v) is 11.0. The molecule has 1 heterocycles. The van der Waals surface area contributed by atoms with Crippen molar-refractivity contribution in [3.63, 3.8) is 0 Å². The Morgan fingerprint density at radius 3 is 2.00 bits per heavy atom. The molecule has 11 heteroatoms. The van der Waals surface area contributed by atoms with Gasteiger partial charge in [0.25, 0.3) is 0 Å². The molecule has 0 spiro atoms. The van der Waals surface area contributed by atoms with Crippen LogP contribution in [0.1, 0.15) is 16.8 Å². The molecule has 0 radical (unpaired) electrons. The summed E-state index contributed by atoms with van der Waals surface area (Å²) in [5.74, 6) is 7.01. The van der Waals surface area contributed by atoms with Crippen LogP contribution in [0.25, 0.3) is 0 Å². The predicted molar refractivity (Wildman–Crippen MR) is 105 cm³/mol. The molecule has 2 aromatic carbocycles. The summed E-state index contributed by atoms with van der Waals surface area (Å²) in [4.78, 5) is 4.20. The number of methoxy groups -OCH3 is 1. The summed E-state index contributed by atoms with van der Waals surface area (Å²) in [6, 6.07) is 21.8. The van der Waals surface area contributed by atoms with Crippen LogP contribution in [-0.4, -0.2) is 12.1 Å². The molecule has 0 aliphatic rings. The Kier molecular flexibility index (Phi) is 7.44. The summed E-state index contributed by atoms with van der Waals surface area (Å²) in [7, 11) is -9.00. The van der Waals surface area contributed by atoms with Crippen LogP contribution in [-0.2, 0) is 0 Å². The average molecular weight is 582 g/mol. The molecule has 32 heavy (non-hydrogen) atoms. The molecule has 1 aromatic heterocycles. The van der Waals surface area contributed by atoms with Crippen LogP contribution in [0.15, 0.2) is 66.9 Å². The van der Waals surface area contributed by atoms with Crippen LogP contribution in [0.3, 0.4) is 0 Å². The maximum atomic E-state index is 9.87. The van der Waals surface area contributed by atoms with Gasteiger partial charge in [-0.1, -0.05) is 12.0 Å². The Morgan fingerprint density at radius 1 is 0.844 bits per heavy atom. The second-order valence-electron chi connectivity index (χ2n) is 6.02. The number of pyridine rings is 1. The Hall–Kier alpha value is -2.82. The van der Waals surface area contributed by atoms with Gasteiger partial charge in [-0.25, -0.2) is 4.98 Å². The number of rotatable bonds is 3. The zero-order valence-corrected chi connectivity index (χ0v) is 19.3. The number of hydrogen-bond donors (Lipinski definition) is 0. The molecule has 0 N–H and O–H groups in total. The van der Waals surface area contributed by atoms with Gasteiger partial charge < -0.3 is 4.74 Å². The second kappa shape index (κ2) is 9.35. The minimum absolute atomic E-state index is 0.386. The molecular formula is C21H14F6IN2OP. The number of ether oxygens (including phenoxy) is 1. The molecule has 3 rings (SSSR count). The van der Waals surface area contributed by atoms with Gasteiger partial charge in [-0.05, 0) is 48.4 Å². The first kappa shape index (κ1) is 25.4. The maximum absolute atomic E-state index is 10.7. The standard InChI is InChI=1S/C21H14IN2O.F6P/c1-25-21-9-6-18(7-10-21)22-19-13-16(12-17(14-19)15-23)5-8-20-4-2-3-11-24-20;1-7(2,3,4,5)6/h2-4,6-7,9-14H,1H3;/q+1;-1. The molecule has 0 unspecified atom stereocenters. The van der Waals surface area contributed by atoms with E-state index in [1.165, 1.54) is 3.57 Å². The van der Waals surface area contributed by atoms with Crippen molar-refractivity contribution in [3.8, 4) is 23.7 Å². The van der Waals surface area contributed by atoms with Crippen LogP contribution in [0, 0.1) is 30.3 Å². The van der Waals surface area contributed by atoms with Crippen LogP contribution in [0.4, 0.5) is 25.2 Å². The first-order valence-electron chi connectivity index (χ1n) is 8.55. The molecule has 168 valence electrons. The van der Waals surface area contributed by atoms with E-state index >= 15 is 0 Å². The van der Waals surface area contributed by atoms with Gasteiger partial charge in [0, 0.05) is 23.9 Å². The van der Waals surface area contributed by atoms with E-state index in [4.69, 9.17) is 4.74 Å². The molecule has 0 aliphatic carbocycles. The summed E-state index contributed by atoms with van der Waals surface area (Å²) in [5.41, 5.74) is 2.19. The Labute approximate surface area is 190 Å². The quantitative estimate of drug-likeness (QED) is 0.204. The zero-order valence-electron chi connectivity index (χ0n) is 16.2. The molecule has 0 fully saturated rings. The van der Waals surface area contributed by atoms with Crippen LogP contribution < -0.4 is 25.9 Å². The third kappa shape index (κ3) is 11.5. The first-order chi connectivity index (χ1) is 14.7. The number of benzene rings is 2. The molecule has 3 nitrogen and oxygen atoms in total. The molecule has 0 saturated heterocycles. The topological polar surface area (TPSA) is 45.9 Å². The van der Waals surface area contributed by atoms with Gasteiger partial charge in [0.1, 0.15) is 11.4 Å². The van der Waals surface area contributed by atoms with Gasteiger partial charge >= 0.3 is 54.2 Å². The van der Waals surface area contributed by atoms with Gasteiger partial charge in [0.2, 0.25) is 0 Å². The van der Waals surface area contributed by atoms with E-state index in [2.05, 4.69) is 41.1 Å². The Morgan fingerprint density at radius 2 is 1.47 bits per heavy atom. The van der Waals surface area contributed by atoms with Crippen molar-refractivity contribution in [1.82, 2.24) is 4.98 Å². The average Bonchev–Trinajstić information content (AvgIpc) is 2.71. The number of hydrogen-bond acceptors (Lipinski definition) is 3. The van der Waals surface area contributed by atoms with E-state index < -0.39 is 7.81 Å². The Balaban J connectivity index is 0.000000451. The van der Waals surface area contributed by atoms with Gasteiger partial charge in [-0.3, -0.25) is 0 Å². The van der Waals surface area contributed by atoms with E-state index in [0.717, 1.165) is 20.6 Å². The number of nitrogens with zero attached hydrogens (tertiary/aromatic N) is 2. The van der Waals surface area contributed by atoms with E-state index in [0.29, 0.717) is 5.56 Å². The van der Waals surface area contributed by atoms with E-state index in [9.17, 15) is 30.4 Å². The summed E-state index contributed by atoms with van der Waals surface area (Å²) in [6.45, 7) is 0. The fourth-order valence-corrected chi connectivity index (χ4v) is 4.53. The third-order valence-corrected chi connectivity index (χ3v) is 5.88. The SMILES string of the molecule is COc1ccc([I+]c2cc(C#N)cc(C#Cc3ccccn3)c2)cc1.F[P-](F)(F)(F)(F)F. The molecular weight excluding hydrogens is 568 g/mol. The number of nitriles is 1. The van der Waals surface area contributed by atoms with Crippen molar-refractivity contribution >= 4 is 7.81 Å². The predicted octanol–water partition coefficient (Wildman–Crippen LogP) is 3.87. The monoisotopic (exact) mass is 582 g/mol. The van der Waals surface area contributed by atoms with E-state index in [1.54, 1.807) is 13.3 Å². The molecule has 3 aromatic rings. The number of aromatic nitrogens is 1. The summed E-state index contributed by atoms with van der Waals surface area (Å²) in [5, 5.41) is 9.29. The van der Waals surface area contributed by atoms with Crippen LogP contribution in [0.5, 0.6) is 5.75 Å². The number of halogens is 7. The fraction of sp³-hybridized carbons (Fsp3) is 0.0476. The molecule has 0 atom stereocenters. The molecule has 0 bridgehead atoms. The van der Waals surface area contributed by atoms with Crippen LogP contribution >= 0.6 is 7.81 Å². The van der Waals surface area contributed by atoms with E-state index in [1.807, 2.05) is 42.5 Å². The zero-order chi connectivity index (χ0) is 23.9. The van der Waals surface area contributed by atoms with Gasteiger partial charge in [-0.15, -0.1) is 0 Å².